The van der Waals surface area contributed by atoms with E-state index in [1.54, 1.807) is 0 Å². The summed E-state index contributed by atoms with van der Waals surface area (Å²) in [5.41, 5.74) is 18.2. The summed E-state index contributed by atoms with van der Waals surface area (Å²) in [6.07, 6.45) is 26.4. The van der Waals surface area contributed by atoms with Gasteiger partial charge in [-0.05, 0) is 189 Å². The van der Waals surface area contributed by atoms with Gasteiger partial charge >= 0.3 is 0 Å². The van der Waals surface area contributed by atoms with E-state index in [0.29, 0.717) is 0 Å². The molecule has 0 spiro atoms. The molecule has 0 heterocycles. The zero-order valence-corrected chi connectivity index (χ0v) is 49.4. The van der Waals surface area contributed by atoms with Crippen molar-refractivity contribution in [1.82, 2.24) is 0 Å². The molecular formula is C87H66. The topological polar surface area (TPSA) is 0 Å². The van der Waals surface area contributed by atoms with Crippen LogP contribution in [0.2, 0.25) is 0 Å². The van der Waals surface area contributed by atoms with Crippen LogP contribution in [0.1, 0.15) is 83.5 Å². The van der Waals surface area contributed by atoms with Gasteiger partial charge in [0.05, 0.1) is 0 Å². The van der Waals surface area contributed by atoms with Gasteiger partial charge in [0.2, 0.25) is 0 Å². The van der Waals surface area contributed by atoms with Crippen molar-refractivity contribution in [3.63, 3.8) is 0 Å². The Hall–Kier alpha value is -10.9. The minimum absolute atomic E-state index is 1.19. The molecule has 14 rings (SSSR count). The molecule has 0 saturated carbocycles. The number of hydrogen-bond donors (Lipinski definition) is 0. The van der Waals surface area contributed by atoms with E-state index in [1.165, 1.54) is 148 Å². The Morgan fingerprint density at radius 3 is 0.471 bits per heavy atom. The van der Waals surface area contributed by atoms with Crippen molar-refractivity contribution >= 4 is 138 Å². The average Bonchev–Trinajstić information content (AvgIpc) is 1.77. The number of fused-ring (bicyclic) bond motifs is 12. The summed E-state index contributed by atoms with van der Waals surface area (Å²) in [5, 5.41) is 15.3. The maximum Gasteiger partial charge on any atom is -0.00930 e. The molecule has 0 heteroatoms. The second-order valence-electron chi connectivity index (χ2n) is 22.8. The highest BCUT2D eigenvalue weighted by atomic mass is 14.2. The van der Waals surface area contributed by atoms with Crippen LogP contribution in [0, 0.1) is 20.8 Å². The van der Waals surface area contributed by atoms with Crippen molar-refractivity contribution in [2.75, 3.05) is 0 Å². The van der Waals surface area contributed by atoms with Crippen molar-refractivity contribution < 1.29 is 0 Å². The smallest absolute Gasteiger partial charge is 0.00930 e. The van der Waals surface area contributed by atoms with Gasteiger partial charge in [0.1, 0.15) is 0 Å². The van der Waals surface area contributed by atoms with Crippen LogP contribution in [0.25, 0.3) is 138 Å². The molecule has 0 aliphatic carbocycles. The maximum atomic E-state index is 2.35. The molecule has 14 aromatic rings. The van der Waals surface area contributed by atoms with Crippen molar-refractivity contribution in [3.8, 4) is 0 Å². The van der Waals surface area contributed by atoms with Gasteiger partial charge in [-0.3, -0.25) is 0 Å². The molecule has 0 aliphatic rings. The molecule has 0 radical (unpaired) electrons. The minimum Gasteiger partial charge on any atom is -0.0622 e. The quantitative estimate of drug-likeness (QED) is 0.0845. The van der Waals surface area contributed by atoms with E-state index in [9.17, 15) is 0 Å². The molecule has 14 aromatic carbocycles. The summed E-state index contributed by atoms with van der Waals surface area (Å²) < 4.78 is 0. The second-order valence-corrected chi connectivity index (χ2v) is 22.8. The molecule has 414 valence electrons. The van der Waals surface area contributed by atoms with Gasteiger partial charge in [-0.15, -0.1) is 0 Å². The summed E-state index contributed by atoms with van der Waals surface area (Å²) in [5.74, 6) is 0. The first-order chi connectivity index (χ1) is 42.8. The molecule has 0 saturated heterocycles. The number of hydrogen-bond acceptors (Lipinski definition) is 0. The average molecular weight is 1110 g/mol. The number of benzene rings is 14. The van der Waals surface area contributed by atoms with Gasteiger partial charge in [-0.2, -0.15) is 0 Å². The third-order valence-electron chi connectivity index (χ3n) is 16.4. The Bertz CT molecular complexity index is 4410. The fourth-order valence-corrected chi connectivity index (χ4v) is 11.6. The van der Waals surface area contributed by atoms with Gasteiger partial charge in [-0.25, -0.2) is 0 Å². The Balaban J connectivity index is 0.000000161. The van der Waals surface area contributed by atoms with Gasteiger partial charge in [0.25, 0.3) is 0 Å². The first kappa shape index (κ1) is 55.3. The first-order valence-electron chi connectivity index (χ1n) is 30.1. The molecule has 0 aromatic heterocycles. The highest BCUT2D eigenvalue weighted by molar-refractivity contribution is 6.27. The normalized spacial score (nSPS) is 12.0. The monoisotopic (exact) mass is 1110 g/mol. The zero-order chi connectivity index (χ0) is 58.9. The number of aryl methyl sites for hydroxylation is 3. The van der Waals surface area contributed by atoms with E-state index in [4.69, 9.17) is 0 Å². The van der Waals surface area contributed by atoms with Crippen molar-refractivity contribution in [1.29, 1.82) is 0 Å². The fourth-order valence-electron chi connectivity index (χ4n) is 11.6. The van der Waals surface area contributed by atoms with Crippen LogP contribution >= 0.6 is 0 Å². The predicted octanol–water partition coefficient (Wildman–Crippen LogP) is 24.2. The van der Waals surface area contributed by atoms with Crippen molar-refractivity contribution in [2.45, 2.75) is 20.8 Å². The maximum absolute atomic E-state index is 2.35. The molecule has 0 N–H and O–H groups in total. The van der Waals surface area contributed by atoms with Crippen LogP contribution in [0.3, 0.4) is 0 Å². The van der Waals surface area contributed by atoms with Crippen LogP contribution in [-0.4, -0.2) is 0 Å². The summed E-state index contributed by atoms with van der Waals surface area (Å²) in [6.45, 7) is 6.37. The lowest BCUT2D eigenvalue weighted by atomic mass is 9.91. The Labute approximate surface area is 511 Å². The lowest BCUT2D eigenvalue weighted by Crippen LogP contribution is -1.87. The van der Waals surface area contributed by atoms with E-state index in [-0.39, 0.29) is 0 Å². The molecule has 0 fully saturated rings. The third-order valence-corrected chi connectivity index (χ3v) is 16.4. The molecule has 0 bridgehead atoms. The molecule has 0 amide bonds. The SMILES string of the molecule is C(=C\c1ccc2c(c1)c1ccc(/C=C/c3ccccc3)cc1c1ccc(/C=C/c3ccccc3)cc21)/c1ccccc1.Cc1ccc(/C=C/c2ccc3c(c2)c2ccc(/C=C/c4ccc(C)cc4)cc2c2ccc(/C=C/c4ccc(C)cc4)cc32)cc1. The highest BCUT2D eigenvalue weighted by Crippen LogP contribution is 2.39. The largest absolute Gasteiger partial charge is 0.0622 e. The fraction of sp³-hybridized carbons (Fsp3) is 0.0345. The minimum atomic E-state index is 1.19. The van der Waals surface area contributed by atoms with Crippen LogP contribution < -0.4 is 0 Å². The van der Waals surface area contributed by atoms with E-state index in [1.807, 2.05) is 0 Å². The molecule has 0 aliphatic heterocycles. The Morgan fingerprint density at radius 2 is 0.287 bits per heavy atom. The molecular weight excluding hydrogens is 1040 g/mol. The Kier molecular flexibility index (Phi) is 16.2. The van der Waals surface area contributed by atoms with E-state index < -0.39 is 0 Å². The molecule has 0 atom stereocenters. The standard InChI is InChI=1S/C45H36.C42H30/c1-31-4-10-34(11-5-31)16-19-37-22-25-40-43(28-37)41-26-23-38(20-17-35-12-6-32(2)7-13-35)30-45(41)42-27-24-39(29-44(40)42)21-18-36-14-8-33(3)9-15-36;1-4-10-31(11-5-1)16-19-34-22-25-37-40(28-34)38-26-23-35(20-17-32-12-6-2-7-13-32)30-42(38)39-27-24-36(29-41(37)39)21-18-33-14-8-3-9-15-33/h4-30H,1-3H3;1-30H/b2*19-16+,20-17+,21-18+. The summed E-state index contributed by atoms with van der Waals surface area (Å²) in [4.78, 5) is 0. The first-order valence-corrected chi connectivity index (χ1v) is 30.1. The molecule has 87 heavy (non-hydrogen) atoms. The van der Waals surface area contributed by atoms with Crippen molar-refractivity contribution in [3.05, 3.63) is 356 Å². The predicted molar refractivity (Wildman–Crippen MR) is 384 cm³/mol. The summed E-state index contributed by atoms with van der Waals surface area (Å²) >= 11 is 0. The molecule has 0 nitrogen and oxygen atoms in total. The van der Waals surface area contributed by atoms with Gasteiger partial charge < -0.3 is 0 Å². The summed E-state index contributed by atoms with van der Waals surface area (Å²) in [7, 11) is 0. The van der Waals surface area contributed by atoms with Crippen LogP contribution in [-0.2, 0) is 0 Å². The lowest BCUT2D eigenvalue weighted by molar-refractivity contribution is 1.46. The second kappa shape index (κ2) is 25.5. The number of rotatable bonds is 12. The van der Waals surface area contributed by atoms with Gasteiger partial charge in [0, 0.05) is 0 Å². The van der Waals surface area contributed by atoms with Crippen LogP contribution in [0.5, 0.6) is 0 Å². The Morgan fingerprint density at radius 1 is 0.138 bits per heavy atom. The van der Waals surface area contributed by atoms with E-state index in [2.05, 4.69) is 367 Å². The van der Waals surface area contributed by atoms with E-state index >= 15 is 0 Å². The van der Waals surface area contributed by atoms with Gasteiger partial charge in [-0.1, -0.05) is 326 Å². The van der Waals surface area contributed by atoms with Gasteiger partial charge in [0.15, 0.2) is 0 Å². The van der Waals surface area contributed by atoms with Crippen LogP contribution in [0.15, 0.2) is 273 Å². The third kappa shape index (κ3) is 13.1. The molecule has 0 unspecified atom stereocenters. The zero-order valence-electron chi connectivity index (χ0n) is 49.4. The lowest BCUT2D eigenvalue weighted by Gasteiger charge is -2.13. The van der Waals surface area contributed by atoms with Crippen molar-refractivity contribution in [2.24, 2.45) is 0 Å². The highest BCUT2D eigenvalue weighted by Gasteiger charge is 2.13. The van der Waals surface area contributed by atoms with E-state index in [0.717, 1.165) is 0 Å². The van der Waals surface area contributed by atoms with Crippen LogP contribution in [0.4, 0.5) is 0 Å². The summed E-state index contributed by atoms with van der Waals surface area (Å²) in [6, 6.07) is 98.7.